The van der Waals surface area contributed by atoms with Crippen LogP contribution in [0.15, 0.2) is 48.5 Å². The Morgan fingerprint density at radius 1 is 1.04 bits per heavy atom. The minimum Gasteiger partial charge on any atom is -0.369 e. The van der Waals surface area contributed by atoms with Crippen molar-refractivity contribution in [3.63, 3.8) is 0 Å². The maximum Gasteiger partial charge on any atom is 0.271 e. The molecular formula is C18H20ClN3O2. The molecule has 1 heterocycles. The predicted octanol–water partition coefficient (Wildman–Crippen LogP) is 3.96. The van der Waals surface area contributed by atoms with E-state index >= 15 is 0 Å². The molecule has 24 heavy (non-hydrogen) atoms. The highest BCUT2D eigenvalue weighted by Gasteiger charge is 2.18. The summed E-state index contributed by atoms with van der Waals surface area (Å²) in [6.07, 6.45) is 1.04. The van der Waals surface area contributed by atoms with Gasteiger partial charge in [0, 0.05) is 44.9 Å². The number of nitro benzene ring substituents is 1. The normalized spacial score (nSPS) is 16.0. The number of hydrogen-bond donors (Lipinski definition) is 0. The molecule has 1 fully saturated rings. The number of hydrogen-bond acceptors (Lipinski definition) is 4. The first-order valence-corrected chi connectivity index (χ1v) is 8.46. The van der Waals surface area contributed by atoms with Crippen molar-refractivity contribution < 1.29 is 4.92 Å². The average Bonchev–Trinajstić information content (AvgIpc) is 2.81. The number of anilines is 1. The molecule has 6 heteroatoms. The summed E-state index contributed by atoms with van der Waals surface area (Å²) in [6, 6.07) is 15.2. The monoisotopic (exact) mass is 345 g/mol. The van der Waals surface area contributed by atoms with Gasteiger partial charge in [-0.1, -0.05) is 41.9 Å². The van der Waals surface area contributed by atoms with E-state index in [0.29, 0.717) is 5.02 Å². The molecule has 1 aliphatic rings. The van der Waals surface area contributed by atoms with Gasteiger partial charge in [-0.3, -0.25) is 15.0 Å². The Balaban J connectivity index is 1.66. The van der Waals surface area contributed by atoms with Crippen LogP contribution in [0.4, 0.5) is 11.4 Å². The second-order valence-corrected chi connectivity index (χ2v) is 6.40. The van der Waals surface area contributed by atoms with Crippen LogP contribution in [-0.2, 0) is 6.54 Å². The smallest absolute Gasteiger partial charge is 0.271 e. The molecular weight excluding hydrogens is 326 g/mol. The van der Waals surface area contributed by atoms with E-state index < -0.39 is 4.92 Å². The minimum atomic E-state index is -0.417. The van der Waals surface area contributed by atoms with Crippen molar-refractivity contribution in [1.82, 2.24) is 4.90 Å². The molecule has 0 atom stereocenters. The van der Waals surface area contributed by atoms with Gasteiger partial charge in [0.05, 0.1) is 15.6 Å². The molecule has 3 rings (SSSR count). The molecule has 0 saturated carbocycles. The van der Waals surface area contributed by atoms with Gasteiger partial charge in [0.1, 0.15) is 0 Å². The van der Waals surface area contributed by atoms with Crippen molar-refractivity contribution in [2.45, 2.75) is 13.0 Å². The topological polar surface area (TPSA) is 49.6 Å². The largest absolute Gasteiger partial charge is 0.369 e. The first-order chi connectivity index (χ1) is 11.6. The van der Waals surface area contributed by atoms with Gasteiger partial charge in [-0.05, 0) is 18.1 Å². The van der Waals surface area contributed by atoms with Crippen LogP contribution >= 0.6 is 11.6 Å². The number of non-ortho nitro benzene ring substituents is 1. The molecule has 0 unspecified atom stereocenters. The fraction of sp³-hybridized carbons (Fsp3) is 0.333. The SMILES string of the molecule is O=[N+]([O-])c1ccc(N2CCCN(Cc3ccccc3)CC2)c(Cl)c1. The van der Waals surface area contributed by atoms with Crippen LogP contribution in [0.5, 0.6) is 0 Å². The fourth-order valence-corrected chi connectivity index (χ4v) is 3.37. The standard InChI is InChI=1S/C18H20ClN3O2/c19-17-13-16(22(23)24)7-8-18(17)21-10-4-9-20(11-12-21)14-15-5-2-1-3-6-15/h1-3,5-8,13H,4,9-12,14H2. The first-order valence-electron chi connectivity index (χ1n) is 8.08. The van der Waals surface area contributed by atoms with Gasteiger partial charge in [-0.25, -0.2) is 0 Å². The molecule has 0 bridgehead atoms. The summed E-state index contributed by atoms with van der Waals surface area (Å²) in [5.74, 6) is 0. The van der Waals surface area contributed by atoms with Crippen molar-refractivity contribution >= 4 is 23.0 Å². The van der Waals surface area contributed by atoms with Gasteiger partial charge >= 0.3 is 0 Å². The van der Waals surface area contributed by atoms with E-state index in [9.17, 15) is 10.1 Å². The third-order valence-corrected chi connectivity index (χ3v) is 4.62. The third-order valence-electron chi connectivity index (χ3n) is 4.32. The van der Waals surface area contributed by atoms with E-state index in [4.69, 9.17) is 11.6 Å². The van der Waals surface area contributed by atoms with Gasteiger partial charge in [-0.2, -0.15) is 0 Å². The van der Waals surface area contributed by atoms with Gasteiger partial charge in [-0.15, -0.1) is 0 Å². The number of rotatable bonds is 4. The Hall–Kier alpha value is -2.11. The number of halogens is 1. The van der Waals surface area contributed by atoms with Crippen molar-refractivity contribution in [1.29, 1.82) is 0 Å². The number of benzene rings is 2. The van der Waals surface area contributed by atoms with E-state index in [-0.39, 0.29) is 5.69 Å². The maximum absolute atomic E-state index is 10.8. The summed E-state index contributed by atoms with van der Waals surface area (Å²) in [5.41, 5.74) is 2.23. The first kappa shape index (κ1) is 16.7. The molecule has 0 N–H and O–H groups in total. The quantitative estimate of drug-likeness (QED) is 0.621. The van der Waals surface area contributed by atoms with E-state index in [1.54, 1.807) is 6.07 Å². The van der Waals surface area contributed by atoms with E-state index in [2.05, 4.69) is 34.1 Å². The zero-order valence-electron chi connectivity index (χ0n) is 13.4. The van der Waals surface area contributed by atoms with Crippen LogP contribution in [0.25, 0.3) is 0 Å². The molecule has 0 aliphatic carbocycles. The highest BCUT2D eigenvalue weighted by molar-refractivity contribution is 6.33. The molecule has 0 aromatic heterocycles. The Morgan fingerprint density at radius 2 is 1.83 bits per heavy atom. The van der Waals surface area contributed by atoms with Crippen LogP contribution in [0, 0.1) is 10.1 Å². The fourth-order valence-electron chi connectivity index (χ4n) is 3.08. The Kier molecular flexibility index (Phi) is 5.33. The zero-order chi connectivity index (χ0) is 16.9. The molecule has 0 amide bonds. The van der Waals surface area contributed by atoms with Crippen LogP contribution in [0.3, 0.4) is 0 Å². The lowest BCUT2D eigenvalue weighted by Crippen LogP contribution is -2.30. The third kappa shape index (κ3) is 4.04. The molecule has 2 aromatic rings. The summed E-state index contributed by atoms with van der Waals surface area (Å²) < 4.78 is 0. The van der Waals surface area contributed by atoms with Gasteiger partial charge in [0.15, 0.2) is 0 Å². The Morgan fingerprint density at radius 3 is 2.54 bits per heavy atom. The average molecular weight is 346 g/mol. The summed E-state index contributed by atoms with van der Waals surface area (Å²) in [5, 5.41) is 11.3. The van der Waals surface area contributed by atoms with E-state index in [0.717, 1.165) is 44.8 Å². The predicted molar refractivity (Wildman–Crippen MR) is 96.7 cm³/mol. The Labute approximate surface area is 146 Å². The zero-order valence-corrected chi connectivity index (χ0v) is 14.2. The van der Waals surface area contributed by atoms with Crippen LogP contribution in [-0.4, -0.2) is 36.0 Å². The summed E-state index contributed by atoms with van der Waals surface area (Å²) in [6.45, 7) is 4.70. The van der Waals surface area contributed by atoms with Crippen molar-refractivity contribution in [3.8, 4) is 0 Å². The van der Waals surface area contributed by atoms with Gasteiger partial charge in [0.2, 0.25) is 0 Å². The Bertz CT molecular complexity index is 709. The highest BCUT2D eigenvalue weighted by Crippen LogP contribution is 2.30. The van der Waals surface area contributed by atoms with Crippen molar-refractivity contribution in [3.05, 3.63) is 69.2 Å². The molecule has 0 radical (unpaired) electrons. The second-order valence-electron chi connectivity index (χ2n) is 6.00. The molecule has 1 saturated heterocycles. The lowest BCUT2D eigenvalue weighted by Gasteiger charge is -2.24. The number of nitro groups is 1. The summed E-state index contributed by atoms with van der Waals surface area (Å²) >= 11 is 6.27. The van der Waals surface area contributed by atoms with Crippen molar-refractivity contribution in [2.24, 2.45) is 0 Å². The lowest BCUT2D eigenvalue weighted by atomic mass is 10.2. The minimum absolute atomic E-state index is 0.0317. The maximum atomic E-state index is 10.8. The van der Waals surface area contributed by atoms with Crippen molar-refractivity contribution in [2.75, 3.05) is 31.1 Å². The van der Waals surface area contributed by atoms with Gasteiger partial charge in [0.25, 0.3) is 5.69 Å². The molecule has 5 nitrogen and oxygen atoms in total. The number of nitrogens with zero attached hydrogens (tertiary/aromatic N) is 3. The van der Waals surface area contributed by atoms with E-state index in [1.807, 2.05) is 6.07 Å². The summed E-state index contributed by atoms with van der Waals surface area (Å²) in [7, 11) is 0. The van der Waals surface area contributed by atoms with Crippen LogP contribution in [0.2, 0.25) is 5.02 Å². The second kappa shape index (κ2) is 7.64. The molecule has 2 aromatic carbocycles. The van der Waals surface area contributed by atoms with Crippen LogP contribution in [0.1, 0.15) is 12.0 Å². The van der Waals surface area contributed by atoms with E-state index in [1.165, 1.54) is 17.7 Å². The van der Waals surface area contributed by atoms with Gasteiger partial charge < -0.3 is 4.90 Å². The highest BCUT2D eigenvalue weighted by atomic mass is 35.5. The van der Waals surface area contributed by atoms with Crippen LogP contribution < -0.4 is 4.90 Å². The molecule has 126 valence electrons. The summed E-state index contributed by atoms with van der Waals surface area (Å²) in [4.78, 5) is 15.1. The molecule has 0 spiro atoms. The lowest BCUT2D eigenvalue weighted by molar-refractivity contribution is -0.384. The molecule has 1 aliphatic heterocycles.